The van der Waals surface area contributed by atoms with Gasteiger partial charge in [0.25, 0.3) is 5.91 Å². The lowest BCUT2D eigenvalue weighted by molar-refractivity contribution is -0.175. The van der Waals surface area contributed by atoms with Gasteiger partial charge in [-0.2, -0.15) is 13.2 Å². The second-order valence-corrected chi connectivity index (χ2v) is 14.2. The molecule has 0 bridgehead atoms. The van der Waals surface area contributed by atoms with Crippen LogP contribution in [-0.4, -0.2) is 58.9 Å². The number of alkyl halides is 3. The first-order chi connectivity index (χ1) is 22.2. The molecule has 2 saturated heterocycles. The quantitative estimate of drug-likeness (QED) is 0.180. The fraction of sp³-hybridized carbons (Fsp3) is 0.500. The predicted octanol–water partition coefficient (Wildman–Crippen LogP) is 8.41. The molecule has 3 aromatic rings. The number of hydrogen-bond donors (Lipinski definition) is 2. The van der Waals surface area contributed by atoms with Gasteiger partial charge in [0.2, 0.25) is 0 Å². The number of rotatable bonds is 9. The van der Waals surface area contributed by atoms with Gasteiger partial charge in [-0.15, -0.1) is 0 Å². The van der Waals surface area contributed by atoms with Gasteiger partial charge in [-0.25, -0.2) is 4.39 Å². The number of likely N-dealkylation sites (tertiary alicyclic amines) is 2. The van der Waals surface area contributed by atoms with Crippen LogP contribution in [0.5, 0.6) is 0 Å². The van der Waals surface area contributed by atoms with E-state index in [1.807, 2.05) is 42.5 Å². The normalized spacial score (nSPS) is 21.6. The number of aliphatic hydroxyl groups is 1. The molecule has 254 valence electrons. The Balaban J connectivity index is 1.38. The lowest BCUT2D eigenvalue weighted by Crippen LogP contribution is -2.48. The molecule has 2 aliphatic rings. The molecule has 0 spiro atoms. The van der Waals surface area contributed by atoms with Gasteiger partial charge in [-0.1, -0.05) is 69.3 Å². The minimum absolute atomic E-state index is 0.0363. The number of nitrogens with one attached hydrogen (secondary N) is 1. The van der Waals surface area contributed by atoms with Gasteiger partial charge in [-0.3, -0.25) is 9.69 Å². The molecule has 2 heterocycles. The maximum atomic E-state index is 15.1. The van der Waals surface area contributed by atoms with E-state index in [1.54, 1.807) is 28.9 Å². The molecule has 1 amide bonds. The van der Waals surface area contributed by atoms with Crippen LogP contribution in [0.2, 0.25) is 0 Å². The molecular weight excluding hydrogens is 606 g/mol. The van der Waals surface area contributed by atoms with E-state index in [-0.39, 0.29) is 17.4 Å². The standard InChI is InChI=1S/C38H47F4N3O2/c1-25-10-5-15-31(39)33(25)36(47)45-23-8-14-30(35(46)43-29-13-6-12-28(24-29)37(2,3)4)34(45)27-19-17-26(18-20-27)11-7-21-44-22-9-16-32(44)38(40,41)42/h5-6,10,12-13,15,17-20,24,30,32,34-35,43,46H,7-9,11,14,16,21-23H2,1-4H3/t30?,32-,34?,35?/m0/s1. The van der Waals surface area contributed by atoms with E-state index in [0.717, 1.165) is 22.4 Å². The molecule has 4 atom stereocenters. The molecule has 3 unspecified atom stereocenters. The number of carbonyl (C=O) groups excluding carboxylic acids is 1. The van der Waals surface area contributed by atoms with Crippen LogP contribution < -0.4 is 5.32 Å². The fourth-order valence-corrected chi connectivity index (χ4v) is 7.24. The molecule has 3 aromatic carbocycles. The van der Waals surface area contributed by atoms with E-state index in [4.69, 9.17) is 0 Å². The van der Waals surface area contributed by atoms with Crippen LogP contribution in [0, 0.1) is 18.7 Å². The number of aryl methyl sites for hydroxylation is 2. The number of halogens is 4. The minimum Gasteiger partial charge on any atom is -0.373 e. The SMILES string of the molecule is Cc1cccc(F)c1C(=O)N1CCCC(C(O)Nc2cccc(C(C)(C)C)c2)C1c1ccc(CCCN2CCC[C@H]2C(F)(F)F)cc1. The molecule has 0 radical (unpaired) electrons. The predicted molar refractivity (Wildman–Crippen MR) is 178 cm³/mol. The summed E-state index contributed by atoms with van der Waals surface area (Å²) in [6.45, 7) is 9.37. The van der Waals surface area contributed by atoms with Crippen molar-refractivity contribution in [1.82, 2.24) is 9.80 Å². The van der Waals surface area contributed by atoms with Crippen molar-refractivity contribution in [3.05, 3.63) is 100 Å². The molecule has 0 aliphatic carbocycles. The second-order valence-electron chi connectivity index (χ2n) is 14.2. The summed E-state index contributed by atoms with van der Waals surface area (Å²) in [6, 6.07) is 18.5. The number of amides is 1. The highest BCUT2D eigenvalue weighted by Crippen LogP contribution is 2.40. The minimum atomic E-state index is -4.20. The van der Waals surface area contributed by atoms with Crippen molar-refractivity contribution in [2.24, 2.45) is 5.92 Å². The van der Waals surface area contributed by atoms with Crippen LogP contribution in [0.1, 0.15) is 91.5 Å². The van der Waals surface area contributed by atoms with Crippen LogP contribution in [0.25, 0.3) is 0 Å². The molecule has 2 aliphatic heterocycles. The summed E-state index contributed by atoms with van der Waals surface area (Å²) >= 11 is 0. The summed E-state index contributed by atoms with van der Waals surface area (Å²) in [4.78, 5) is 17.3. The van der Waals surface area contributed by atoms with Gasteiger partial charge in [0, 0.05) is 18.2 Å². The Morgan fingerprint density at radius 1 is 0.979 bits per heavy atom. The van der Waals surface area contributed by atoms with E-state index in [9.17, 15) is 23.1 Å². The molecule has 0 saturated carbocycles. The monoisotopic (exact) mass is 653 g/mol. The third-order valence-electron chi connectivity index (χ3n) is 9.80. The molecule has 5 rings (SSSR count). The van der Waals surface area contributed by atoms with Gasteiger partial charge in [0.1, 0.15) is 18.1 Å². The Morgan fingerprint density at radius 3 is 2.36 bits per heavy atom. The van der Waals surface area contributed by atoms with Gasteiger partial charge in [-0.05, 0) is 104 Å². The molecule has 2 fully saturated rings. The largest absolute Gasteiger partial charge is 0.404 e. The first-order valence-electron chi connectivity index (χ1n) is 16.7. The first kappa shape index (κ1) is 34.9. The van der Waals surface area contributed by atoms with Gasteiger partial charge < -0.3 is 15.3 Å². The number of piperidine rings is 1. The first-order valence-corrected chi connectivity index (χ1v) is 16.7. The van der Waals surface area contributed by atoms with E-state index < -0.39 is 42.1 Å². The zero-order chi connectivity index (χ0) is 33.9. The summed E-state index contributed by atoms with van der Waals surface area (Å²) in [6.07, 6.45) is -1.95. The van der Waals surface area contributed by atoms with Crippen molar-refractivity contribution in [3.8, 4) is 0 Å². The van der Waals surface area contributed by atoms with Crippen LogP contribution >= 0.6 is 0 Å². The summed E-state index contributed by atoms with van der Waals surface area (Å²) in [7, 11) is 0. The average Bonchev–Trinajstić information content (AvgIpc) is 3.50. The van der Waals surface area contributed by atoms with E-state index in [1.165, 1.54) is 6.07 Å². The average molecular weight is 654 g/mol. The maximum Gasteiger partial charge on any atom is 0.404 e. The summed E-state index contributed by atoms with van der Waals surface area (Å²) < 4.78 is 55.2. The van der Waals surface area contributed by atoms with Crippen molar-refractivity contribution < 1.29 is 27.5 Å². The van der Waals surface area contributed by atoms with Crippen molar-refractivity contribution in [2.45, 2.75) is 96.1 Å². The van der Waals surface area contributed by atoms with Gasteiger partial charge >= 0.3 is 6.18 Å². The molecule has 2 N–H and O–H groups in total. The molecule has 47 heavy (non-hydrogen) atoms. The lowest BCUT2D eigenvalue weighted by atomic mass is 9.82. The molecule has 5 nitrogen and oxygen atoms in total. The number of benzene rings is 3. The Hall–Kier alpha value is -3.43. The third-order valence-corrected chi connectivity index (χ3v) is 9.80. The number of nitrogens with zero attached hydrogens (tertiary/aromatic N) is 2. The number of anilines is 1. The number of hydrogen-bond acceptors (Lipinski definition) is 4. The van der Waals surface area contributed by atoms with Crippen LogP contribution in [-0.2, 0) is 11.8 Å². The molecule has 9 heteroatoms. The Labute approximate surface area is 276 Å². The molecule has 0 aromatic heterocycles. The Bertz CT molecular complexity index is 1500. The topological polar surface area (TPSA) is 55.8 Å². The van der Waals surface area contributed by atoms with Crippen molar-refractivity contribution in [2.75, 3.05) is 25.0 Å². The van der Waals surface area contributed by atoms with Gasteiger partial charge in [0.15, 0.2) is 0 Å². The van der Waals surface area contributed by atoms with Crippen LogP contribution in [0.15, 0.2) is 66.7 Å². The van der Waals surface area contributed by atoms with Crippen LogP contribution in [0.3, 0.4) is 0 Å². The summed E-state index contributed by atoms with van der Waals surface area (Å²) in [5.41, 5.74) is 4.22. The highest BCUT2D eigenvalue weighted by atomic mass is 19.4. The van der Waals surface area contributed by atoms with Crippen molar-refractivity contribution in [1.29, 1.82) is 0 Å². The highest BCUT2D eigenvalue weighted by molar-refractivity contribution is 5.96. The Kier molecular flexibility index (Phi) is 10.7. The molecular formula is C38H47F4N3O2. The van der Waals surface area contributed by atoms with E-state index >= 15 is 4.39 Å². The fourth-order valence-electron chi connectivity index (χ4n) is 7.24. The summed E-state index contributed by atoms with van der Waals surface area (Å²) in [5, 5.41) is 15.0. The zero-order valence-corrected chi connectivity index (χ0v) is 27.8. The second kappa shape index (κ2) is 14.4. The zero-order valence-electron chi connectivity index (χ0n) is 27.8. The van der Waals surface area contributed by atoms with Gasteiger partial charge in [0.05, 0.1) is 11.6 Å². The van der Waals surface area contributed by atoms with Crippen LogP contribution in [0.4, 0.5) is 23.2 Å². The van der Waals surface area contributed by atoms with E-state index in [2.05, 4.69) is 32.2 Å². The summed E-state index contributed by atoms with van der Waals surface area (Å²) in [5.74, 6) is -1.38. The van der Waals surface area contributed by atoms with Crippen molar-refractivity contribution >= 4 is 11.6 Å². The number of aliphatic hydroxyl groups excluding tert-OH is 1. The third kappa shape index (κ3) is 8.18. The van der Waals surface area contributed by atoms with E-state index in [0.29, 0.717) is 57.3 Å². The Morgan fingerprint density at radius 2 is 1.68 bits per heavy atom. The lowest BCUT2D eigenvalue weighted by Gasteiger charge is -2.44. The highest BCUT2D eigenvalue weighted by Gasteiger charge is 2.45. The maximum absolute atomic E-state index is 15.1. The van der Waals surface area contributed by atoms with Crippen molar-refractivity contribution in [3.63, 3.8) is 0 Å². The number of carbonyl (C=O) groups is 1. The smallest absolute Gasteiger partial charge is 0.373 e.